The van der Waals surface area contributed by atoms with E-state index in [1.54, 1.807) is 0 Å². The zero-order valence-corrected chi connectivity index (χ0v) is 14.4. The van der Waals surface area contributed by atoms with Crippen LogP contribution in [0.2, 0.25) is 0 Å². The Morgan fingerprint density at radius 1 is 1.38 bits per heavy atom. The molecule has 0 aromatic heterocycles. The molecule has 114 valence electrons. The summed E-state index contributed by atoms with van der Waals surface area (Å²) in [4.78, 5) is 2.54. The topological polar surface area (TPSA) is 15.3 Å². The predicted octanol–water partition coefficient (Wildman–Crippen LogP) is 3.81. The van der Waals surface area contributed by atoms with Gasteiger partial charge in [-0.2, -0.15) is 0 Å². The fourth-order valence-electron chi connectivity index (χ4n) is 2.92. The Balaban J connectivity index is 1.78. The molecule has 3 heteroatoms. The Bertz CT molecular complexity index is 472. The number of hydrogen-bond acceptors (Lipinski definition) is 2. The van der Waals surface area contributed by atoms with Gasteiger partial charge in [0.05, 0.1) is 0 Å². The summed E-state index contributed by atoms with van der Waals surface area (Å²) in [5.41, 5.74) is 1.38. The van der Waals surface area contributed by atoms with E-state index in [1.807, 2.05) is 0 Å². The van der Waals surface area contributed by atoms with Crippen LogP contribution in [0, 0.1) is 12.3 Å². The number of piperidine rings is 1. The van der Waals surface area contributed by atoms with Crippen molar-refractivity contribution in [2.45, 2.75) is 51.2 Å². The van der Waals surface area contributed by atoms with E-state index in [0.29, 0.717) is 12.1 Å². The molecule has 1 saturated heterocycles. The molecule has 1 aromatic carbocycles. The quantitative estimate of drug-likeness (QED) is 0.786. The number of nitrogens with one attached hydrogen (secondary N) is 1. The monoisotopic (exact) mass is 348 g/mol. The smallest absolute Gasteiger partial charge is 0.0244 e. The Kier molecular flexibility index (Phi) is 6.76. The molecule has 2 nitrogen and oxygen atoms in total. The minimum atomic E-state index is 0.481. The van der Waals surface area contributed by atoms with Crippen LogP contribution in [0.25, 0.3) is 0 Å². The van der Waals surface area contributed by atoms with Gasteiger partial charge >= 0.3 is 0 Å². The van der Waals surface area contributed by atoms with E-state index >= 15 is 0 Å². The van der Waals surface area contributed by atoms with Crippen molar-refractivity contribution in [1.29, 1.82) is 0 Å². The van der Waals surface area contributed by atoms with Crippen LogP contribution in [0.15, 0.2) is 28.7 Å². The second-order valence-corrected chi connectivity index (χ2v) is 6.68. The SMILES string of the molecule is C#CCC(CC)NC1CCN(Cc2ccccc2Br)CC1. The predicted molar refractivity (Wildman–Crippen MR) is 93.1 cm³/mol. The van der Waals surface area contributed by atoms with E-state index in [4.69, 9.17) is 6.42 Å². The zero-order chi connectivity index (χ0) is 15.1. The van der Waals surface area contributed by atoms with E-state index < -0.39 is 0 Å². The fourth-order valence-corrected chi connectivity index (χ4v) is 3.33. The number of terminal acetylenes is 1. The third kappa shape index (κ3) is 5.14. The third-order valence-electron chi connectivity index (χ3n) is 4.27. The maximum absolute atomic E-state index is 5.43. The normalized spacial score (nSPS) is 18.3. The van der Waals surface area contributed by atoms with Gasteiger partial charge in [-0.15, -0.1) is 12.3 Å². The highest BCUT2D eigenvalue weighted by Gasteiger charge is 2.21. The van der Waals surface area contributed by atoms with Crippen molar-refractivity contribution in [2.75, 3.05) is 13.1 Å². The molecule has 1 fully saturated rings. The molecular weight excluding hydrogens is 324 g/mol. The number of rotatable bonds is 6. The molecule has 1 atom stereocenters. The average molecular weight is 349 g/mol. The molecule has 0 bridgehead atoms. The number of halogens is 1. The third-order valence-corrected chi connectivity index (χ3v) is 5.04. The summed E-state index contributed by atoms with van der Waals surface area (Å²) < 4.78 is 1.21. The molecule has 0 saturated carbocycles. The molecule has 0 spiro atoms. The van der Waals surface area contributed by atoms with E-state index in [9.17, 15) is 0 Å². The van der Waals surface area contributed by atoms with Gasteiger partial charge in [0.25, 0.3) is 0 Å². The minimum Gasteiger partial charge on any atom is -0.310 e. The van der Waals surface area contributed by atoms with Crippen LogP contribution in [0.5, 0.6) is 0 Å². The first kappa shape index (κ1) is 16.5. The highest BCUT2D eigenvalue weighted by Crippen LogP contribution is 2.20. The van der Waals surface area contributed by atoms with Crippen LogP contribution in [0.1, 0.15) is 38.2 Å². The summed E-state index contributed by atoms with van der Waals surface area (Å²) >= 11 is 3.64. The van der Waals surface area contributed by atoms with E-state index in [2.05, 4.69) is 63.3 Å². The van der Waals surface area contributed by atoms with Crippen LogP contribution >= 0.6 is 15.9 Å². The van der Waals surface area contributed by atoms with Crippen LogP contribution in [-0.4, -0.2) is 30.1 Å². The summed E-state index contributed by atoms with van der Waals surface area (Å²) in [6, 6.07) is 9.61. The highest BCUT2D eigenvalue weighted by molar-refractivity contribution is 9.10. The number of nitrogens with zero attached hydrogens (tertiary/aromatic N) is 1. The van der Waals surface area contributed by atoms with Crippen molar-refractivity contribution in [3.05, 3.63) is 34.3 Å². The van der Waals surface area contributed by atoms with Crippen molar-refractivity contribution in [2.24, 2.45) is 0 Å². The molecule has 0 radical (unpaired) electrons. The van der Waals surface area contributed by atoms with Gasteiger partial charge in [0, 0.05) is 29.5 Å². The molecule has 1 aliphatic rings. The summed E-state index contributed by atoms with van der Waals surface area (Å²) in [5, 5.41) is 3.72. The summed E-state index contributed by atoms with van der Waals surface area (Å²) in [6.45, 7) is 5.56. The largest absolute Gasteiger partial charge is 0.310 e. The van der Waals surface area contributed by atoms with Crippen LogP contribution in [0.4, 0.5) is 0 Å². The molecule has 2 rings (SSSR count). The van der Waals surface area contributed by atoms with Gasteiger partial charge in [-0.3, -0.25) is 4.90 Å². The molecule has 0 amide bonds. The van der Waals surface area contributed by atoms with Gasteiger partial charge in [-0.05, 0) is 44.0 Å². The summed E-state index contributed by atoms with van der Waals surface area (Å²) in [7, 11) is 0. The van der Waals surface area contributed by atoms with Gasteiger partial charge in [-0.25, -0.2) is 0 Å². The highest BCUT2D eigenvalue weighted by atomic mass is 79.9. The maximum atomic E-state index is 5.43. The van der Waals surface area contributed by atoms with Crippen LogP contribution < -0.4 is 5.32 Å². The lowest BCUT2D eigenvalue weighted by Gasteiger charge is -2.34. The molecular formula is C18H25BrN2. The fraction of sp³-hybridized carbons (Fsp3) is 0.556. The molecule has 1 N–H and O–H groups in total. The van der Waals surface area contributed by atoms with Crippen molar-refractivity contribution in [3.63, 3.8) is 0 Å². The Hall–Kier alpha value is -0.820. The number of benzene rings is 1. The van der Waals surface area contributed by atoms with E-state index in [1.165, 1.54) is 22.9 Å². The van der Waals surface area contributed by atoms with Crippen molar-refractivity contribution in [1.82, 2.24) is 10.2 Å². The van der Waals surface area contributed by atoms with Crippen molar-refractivity contribution < 1.29 is 0 Å². The lowest BCUT2D eigenvalue weighted by atomic mass is 10.0. The Morgan fingerprint density at radius 2 is 2.10 bits per heavy atom. The zero-order valence-electron chi connectivity index (χ0n) is 12.8. The molecule has 1 heterocycles. The minimum absolute atomic E-state index is 0.481. The maximum Gasteiger partial charge on any atom is 0.0244 e. The second kappa shape index (κ2) is 8.58. The first-order chi connectivity index (χ1) is 10.2. The molecule has 1 aromatic rings. The van der Waals surface area contributed by atoms with Gasteiger partial charge in [-0.1, -0.05) is 41.1 Å². The standard InChI is InChI=1S/C18H25BrN2/c1-3-7-16(4-2)20-17-10-12-21(13-11-17)14-15-8-5-6-9-18(15)19/h1,5-6,8-9,16-17,20H,4,7,10-14H2,2H3. The molecule has 1 aliphatic heterocycles. The first-order valence-electron chi connectivity index (χ1n) is 7.88. The second-order valence-electron chi connectivity index (χ2n) is 5.82. The average Bonchev–Trinajstić information content (AvgIpc) is 2.51. The lowest BCUT2D eigenvalue weighted by molar-refractivity contribution is 0.183. The van der Waals surface area contributed by atoms with Crippen molar-refractivity contribution in [3.8, 4) is 12.3 Å². The van der Waals surface area contributed by atoms with E-state index in [0.717, 1.165) is 32.5 Å². The van der Waals surface area contributed by atoms with Crippen LogP contribution in [0.3, 0.4) is 0 Å². The molecule has 21 heavy (non-hydrogen) atoms. The van der Waals surface area contributed by atoms with Gasteiger partial charge in [0.2, 0.25) is 0 Å². The Morgan fingerprint density at radius 3 is 2.71 bits per heavy atom. The van der Waals surface area contributed by atoms with Gasteiger partial charge in [0.1, 0.15) is 0 Å². The number of hydrogen-bond donors (Lipinski definition) is 1. The van der Waals surface area contributed by atoms with E-state index in [-0.39, 0.29) is 0 Å². The van der Waals surface area contributed by atoms with Crippen LogP contribution in [-0.2, 0) is 6.54 Å². The Labute approximate surface area is 137 Å². The molecule has 0 aliphatic carbocycles. The first-order valence-corrected chi connectivity index (χ1v) is 8.67. The number of likely N-dealkylation sites (tertiary alicyclic amines) is 1. The summed E-state index contributed by atoms with van der Waals surface area (Å²) in [5.74, 6) is 2.78. The lowest BCUT2D eigenvalue weighted by Crippen LogP contribution is -2.45. The van der Waals surface area contributed by atoms with Crippen molar-refractivity contribution >= 4 is 15.9 Å². The van der Waals surface area contributed by atoms with Gasteiger partial charge < -0.3 is 5.32 Å². The summed E-state index contributed by atoms with van der Waals surface area (Å²) in [6.07, 6.45) is 9.81. The molecule has 1 unspecified atom stereocenters. The van der Waals surface area contributed by atoms with Gasteiger partial charge in [0.15, 0.2) is 0 Å².